The quantitative estimate of drug-likeness (QED) is 0.371. The van der Waals surface area contributed by atoms with Crippen molar-refractivity contribution in [3.8, 4) is 11.5 Å². The molecule has 0 saturated carbocycles. The van der Waals surface area contributed by atoms with Crippen LogP contribution in [0.1, 0.15) is 59.5 Å². The number of methoxy groups -OCH3 is 1. The van der Waals surface area contributed by atoms with Crippen molar-refractivity contribution in [2.75, 3.05) is 31.6 Å². The standard InChI is InChI=1S/C30H38N2O2/c1-4-31-17-16-22-6-8-23(9-7-22)21-32(5-2)30-20-28(34-3)14-15-29(30)26-11-10-25-19-27(33)13-12-24(25)18-26/h6-9,12-15,19-20,26,31,33H,4-5,10-11,16-18,21H2,1-3H3/t26-/m1/s1/i13D,14D,19D,20D. The molecule has 4 heteroatoms. The third-order valence-electron chi connectivity index (χ3n) is 6.69. The van der Waals surface area contributed by atoms with Gasteiger partial charge in [-0.2, -0.15) is 0 Å². The molecule has 3 aromatic carbocycles. The lowest BCUT2D eigenvalue weighted by atomic mass is 9.79. The molecule has 0 saturated heterocycles. The first-order valence-corrected chi connectivity index (χ1v) is 12.3. The Bertz CT molecular complexity index is 1280. The molecule has 4 rings (SSSR count). The largest absolute Gasteiger partial charge is 0.508 e. The first-order chi connectivity index (χ1) is 18.3. The Morgan fingerprint density at radius 1 is 1.06 bits per heavy atom. The minimum atomic E-state index is -0.265. The average Bonchev–Trinajstić information content (AvgIpc) is 2.91. The van der Waals surface area contributed by atoms with Crippen molar-refractivity contribution in [1.82, 2.24) is 5.32 Å². The van der Waals surface area contributed by atoms with E-state index in [1.54, 1.807) is 6.07 Å². The molecule has 0 fully saturated rings. The van der Waals surface area contributed by atoms with Crippen LogP contribution in [0.5, 0.6) is 11.5 Å². The molecule has 4 nitrogen and oxygen atoms in total. The van der Waals surface area contributed by atoms with E-state index < -0.39 is 0 Å². The Morgan fingerprint density at radius 3 is 2.59 bits per heavy atom. The second-order valence-electron chi connectivity index (χ2n) is 8.89. The van der Waals surface area contributed by atoms with Gasteiger partial charge in [0, 0.05) is 24.8 Å². The third-order valence-corrected chi connectivity index (χ3v) is 6.69. The zero-order chi connectivity index (χ0) is 27.4. The molecule has 0 bridgehead atoms. The first-order valence-electron chi connectivity index (χ1n) is 14.3. The van der Waals surface area contributed by atoms with Crippen LogP contribution in [0.4, 0.5) is 5.69 Å². The van der Waals surface area contributed by atoms with Crippen molar-refractivity contribution in [1.29, 1.82) is 0 Å². The average molecular weight is 463 g/mol. The van der Waals surface area contributed by atoms with E-state index in [0.29, 0.717) is 25.9 Å². The second-order valence-corrected chi connectivity index (χ2v) is 8.89. The lowest BCUT2D eigenvalue weighted by Gasteiger charge is -2.32. The monoisotopic (exact) mass is 462 g/mol. The van der Waals surface area contributed by atoms with Crippen LogP contribution < -0.4 is 15.0 Å². The Balaban J connectivity index is 1.68. The molecular weight excluding hydrogens is 420 g/mol. The third kappa shape index (κ3) is 5.74. The van der Waals surface area contributed by atoms with E-state index >= 15 is 0 Å². The maximum atomic E-state index is 10.1. The molecule has 0 spiro atoms. The van der Waals surface area contributed by atoms with Crippen molar-refractivity contribution in [3.63, 3.8) is 0 Å². The predicted octanol–water partition coefficient (Wildman–Crippen LogP) is 5.85. The molecular formula is C30H38N2O2. The highest BCUT2D eigenvalue weighted by molar-refractivity contribution is 5.60. The van der Waals surface area contributed by atoms with Gasteiger partial charge in [0.25, 0.3) is 0 Å². The molecule has 1 aliphatic carbocycles. The van der Waals surface area contributed by atoms with Crippen LogP contribution in [-0.2, 0) is 25.8 Å². The van der Waals surface area contributed by atoms with E-state index in [4.69, 9.17) is 10.2 Å². The minimum Gasteiger partial charge on any atom is -0.508 e. The number of hydrogen-bond acceptors (Lipinski definition) is 4. The summed E-state index contributed by atoms with van der Waals surface area (Å²) in [4.78, 5) is 2.19. The summed E-state index contributed by atoms with van der Waals surface area (Å²) >= 11 is 0. The highest BCUT2D eigenvalue weighted by Gasteiger charge is 2.24. The SMILES string of the molecule is [2H]c1cc2c(c([2H])c1O)CC[C@@H](c1cc([2H])c(OC)c([2H])c1N(CC)Cc1ccc(CCNCC)cc1)C2. The van der Waals surface area contributed by atoms with Gasteiger partial charge in [-0.15, -0.1) is 0 Å². The van der Waals surface area contributed by atoms with Gasteiger partial charge in [0.05, 0.1) is 12.6 Å². The lowest BCUT2D eigenvalue weighted by Crippen LogP contribution is -2.25. The van der Waals surface area contributed by atoms with Crippen molar-refractivity contribution >= 4 is 5.69 Å². The number of anilines is 1. The number of nitrogens with one attached hydrogen (secondary N) is 1. The number of fused-ring (bicyclic) bond motifs is 1. The zero-order valence-electron chi connectivity index (χ0n) is 24.5. The van der Waals surface area contributed by atoms with Crippen molar-refractivity contribution in [2.45, 2.75) is 52.0 Å². The minimum absolute atomic E-state index is 0.0300. The number of phenolic OH excluding ortho intramolecular Hbond substituents is 1. The molecule has 1 aliphatic rings. The summed E-state index contributed by atoms with van der Waals surface area (Å²) in [7, 11) is 1.51. The van der Waals surface area contributed by atoms with Gasteiger partial charge >= 0.3 is 0 Å². The van der Waals surface area contributed by atoms with Crippen molar-refractivity contribution < 1.29 is 15.3 Å². The smallest absolute Gasteiger partial charge is 0.120 e. The maximum Gasteiger partial charge on any atom is 0.120 e. The highest BCUT2D eigenvalue weighted by Crippen LogP contribution is 2.40. The van der Waals surface area contributed by atoms with Crippen LogP contribution >= 0.6 is 0 Å². The molecule has 2 N–H and O–H groups in total. The van der Waals surface area contributed by atoms with E-state index in [1.807, 2.05) is 6.07 Å². The summed E-state index contributed by atoms with van der Waals surface area (Å²) in [5.74, 6) is 0.0328. The number of ether oxygens (including phenoxy) is 1. The van der Waals surface area contributed by atoms with Crippen LogP contribution in [-0.4, -0.2) is 31.9 Å². The summed E-state index contributed by atoms with van der Waals surface area (Å²) in [6.07, 6.45) is 2.94. The number of nitrogens with zero attached hydrogens (tertiary/aromatic N) is 1. The van der Waals surface area contributed by atoms with E-state index in [-0.39, 0.29) is 41.6 Å². The molecule has 0 radical (unpaired) electrons. The topological polar surface area (TPSA) is 44.7 Å². The molecule has 0 amide bonds. The molecule has 34 heavy (non-hydrogen) atoms. The summed E-state index contributed by atoms with van der Waals surface area (Å²) in [6.45, 7) is 7.42. The number of aromatic hydroxyl groups is 1. The lowest BCUT2D eigenvalue weighted by molar-refractivity contribution is 0.414. The maximum absolute atomic E-state index is 10.1. The van der Waals surface area contributed by atoms with Gasteiger partial charge in [-0.3, -0.25) is 0 Å². The van der Waals surface area contributed by atoms with E-state index in [1.165, 1.54) is 12.7 Å². The fraction of sp³-hybridized carbons (Fsp3) is 0.400. The Labute approximate surface area is 210 Å². The van der Waals surface area contributed by atoms with Crippen LogP contribution in [0, 0.1) is 0 Å². The van der Waals surface area contributed by atoms with Gasteiger partial charge in [-0.1, -0.05) is 43.3 Å². The summed E-state index contributed by atoms with van der Waals surface area (Å²) < 4.78 is 39.4. The van der Waals surface area contributed by atoms with E-state index in [9.17, 15) is 5.11 Å². The van der Waals surface area contributed by atoms with Gasteiger partial charge in [0.15, 0.2) is 0 Å². The van der Waals surface area contributed by atoms with E-state index in [0.717, 1.165) is 53.9 Å². The molecule has 1 atom stereocenters. The fourth-order valence-corrected chi connectivity index (χ4v) is 4.76. The Morgan fingerprint density at radius 2 is 1.85 bits per heavy atom. The fourth-order valence-electron chi connectivity index (χ4n) is 4.76. The van der Waals surface area contributed by atoms with Crippen molar-refractivity contribution in [3.05, 3.63) is 88.4 Å². The number of hydrogen-bond donors (Lipinski definition) is 2. The van der Waals surface area contributed by atoms with Crippen LogP contribution in [0.25, 0.3) is 0 Å². The molecule has 0 heterocycles. The highest BCUT2D eigenvalue weighted by atomic mass is 16.5. The second kappa shape index (κ2) is 11.4. The number of rotatable bonds is 10. The summed E-state index contributed by atoms with van der Waals surface area (Å²) in [5.41, 5.74) is 5.84. The van der Waals surface area contributed by atoms with Gasteiger partial charge < -0.3 is 20.1 Å². The first kappa shape index (κ1) is 19.3. The van der Waals surface area contributed by atoms with Gasteiger partial charge in [0.1, 0.15) is 11.5 Å². The van der Waals surface area contributed by atoms with Gasteiger partial charge in [0.2, 0.25) is 0 Å². The van der Waals surface area contributed by atoms with Crippen LogP contribution in [0.2, 0.25) is 0 Å². The van der Waals surface area contributed by atoms with Crippen molar-refractivity contribution in [2.24, 2.45) is 0 Å². The zero-order valence-corrected chi connectivity index (χ0v) is 20.5. The number of likely N-dealkylation sites (N-methyl/N-ethyl adjacent to an activating group) is 1. The normalized spacial score (nSPS) is 16.7. The number of phenols is 1. The van der Waals surface area contributed by atoms with Crippen LogP contribution in [0.3, 0.4) is 0 Å². The summed E-state index contributed by atoms with van der Waals surface area (Å²) in [6, 6.07) is 12.6. The molecule has 0 unspecified atom stereocenters. The Kier molecular flexibility index (Phi) is 6.50. The Hall–Kier alpha value is -2.98. The predicted molar refractivity (Wildman–Crippen MR) is 141 cm³/mol. The van der Waals surface area contributed by atoms with Gasteiger partial charge in [-0.05, 0) is 97.6 Å². The van der Waals surface area contributed by atoms with Crippen LogP contribution in [0.15, 0.2) is 60.6 Å². The van der Waals surface area contributed by atoms with E-state index in [2.05, 4.69) is 48.3 Å². The molecule has 0 aliphatic heterocycles. The molecule has 180 valence electrons. The molecule has 3 aromatic rings. The summed E-state index contributed by atoms with van der Waals surface area (Å²) in [5, 5.41) is 13.4. The van der Waals surface area contributed by atoms with Gasteiger partial charge in [-0.25, -0.2) is 0 Å². The number of benzene rings is 3. The molecule has 0 aromatic heterocycles.